The van der Waals surface area contributed by atoms with Crippen LogP contribution in [0.3, 0.4) is 0 Å². The molecular formula is C15H25N3O. The van der Waals surface area contributed by atoms with Gasteiger partial charge in [0.2, 0.25) is 0 Å². The fourth-order valence-corrected chi connectivity index (χ4v) is 2.66. The van der Waals surface area contributed by atoms with E-state index in [4.69, 9.17) is 5.11 Å². The molecule has 4 heteroatoms. The lowest BCUT2D eigenvalue weighted by molar-refractivity contribution is 0.106. The van der Waals surface area contributed by atoms with Crippen molar-refractivity contribution >= 4 is 0 Å². The Morgan fingerprint density at radius 3 is 3.05 bits per heavy atom. The molecule has 1 aromatic rings. The number of nitrogens with one attached hydrogen (secondary N) is 1. The van der Waals surface area contributed by atoms with Gasteiger partial charge in [-0.3, -0.25) is 9.88 Å². The number of hydrogen-bond acceptors (Lipinski definition) is 4. The predicted molar refractivity (Wildman–Crippen MR) is 76.8 cm³/mol. The van der Waals surface area contributed by atoms with E-state index in [1.165, 1.54) is 5.56 Å². The zero-order chi connectivity index (χ0) is 13.7. The Morgan fingerprint density at radius 1 is 1.53 bits per heavy atom. The summed E-state index contributed by atoms with van der Waals surface area (Å²) in [5.41, 5.74) is 1.42. The molecule has 1 aliphatic rings. The lowest BCUT2D eigenvalue weighted by Gasteiger charge is -2.37. The third-order valence-corrected chi connectivity index (χ3v) is 4.04. The fourth-order valence-electron chi connectivity index (χ4n) is 2.66. The smallest absolute Gasteiger partial charge is 0.0446 e. The molecule has 4 nitrogen and oxygen atoms in total. The normalized spacial score (nSPS) is 24.1. The van der Waals surface area contributed by atoms with Gasteiger partial charge in [-0.1, -0.05) is 6.07 Å². The number of nitrogens with zero attached hydrogens (tertiary/aromatic N) is 2. The number of aliphatic hydroxyl groups is 1. The summed E-state index contributed by atoms with van der Waals surface area (Å²) in [6.07, 6.45) is 5.69. The molecule has 0 radical (unpaired) electrons. The maximum Gasteiger partial charge on any atom is 0.0446 e. The summed E-state index contributed by atoms with van der Waals surface area (Å²) in [5, 5.41) is 12.7. The maximum atomic E-state index is 9.15. The summed E-state index contributed by atoms with van der Waals surface area (Å²) >= 11 is 0. The quantitative estimate of drug-likeness (QED) is 0.862. The first-order valence-electron chi connectivity index (χ1n) is 7.10. The lowest BCUT2D eigenvalue weighted by atomic mass is 9.97. The highest BCUT2D eigenvalue weighted by Gasteiger charge is 2.31. The van der Waals surface area contributed by atoms with Gasteiger partial charge in [0, 0.05) is 43.7 Å². The van der Waals surface area contributed by atoms with Crippen LogP contribution >= 0.6 is 0 Å². The molecule has 2 rings (SSSR count). The van der Waals surface area contributed by atoms with Crippen molar-refractivity contribution < 1.29 is 5.11 Å². The number of hydrogen-bond donors (Lipinski definition) is 2. The van der Waals surface area contributed by atoms with Crippen molar-refractivity contribution in [2.75, 3.05) is 19.7 Å². The molecule has 0 amide bonds. The highest BCUT2D eigenvalue weighted by atomic mass is 16.3. The second-order valence-electron chi connectivity index (χ2n) is 5.97. The van der Waals surface area contributed by atoms with E-state index in [1.54, 1.807) is 0 Å². The van der Waals surface area contributed by atoms with Crippen molar-refractivity contribution in [2.45, 2.75) is 44.8 Å². The third-order valence-electron chi connectivity index (χ3n) is 4.04. The second-order valence-corrected chi connectivity index (χ2v) is 5.97. The molecule has 2 heterocycles. The van der Waals surface area contributed by atoms with Crippen LogP contribution in [0.25, 0.3) is 0 Å². The van der Waals surface area contributed by atoms with Gasteiger partial charge in [0.1, 0.15) is 0 Å². The number of aromatic nitrogens is 1. The van der Waals surface area contributed by atoms with Gasteiger partial charge in [0.25, 0.3) is 0 Å². The number of aliphatic hydroxyl groups excluding tert-OH is 1. The molecule has 0 bridgehead atoms. The van der Waals surface area contributed by atoms with Crippen molar-refractivity contribution in [3.63, 3.8) is 0 Å². The van der Waals surface area contributed by atoms with Gasteiger partial charge in [0.05, 0.1) is 0 Å². The summed E-state index contributed by atoms with van der Waals surface area (Å²) in [6, 6.07) is 4.50. The molecule has 2 N–H and O–H groups in total. The molecule has 19 heavy (non-hydrogen) atoms. The van der Waals surface area contributed by atoms with Crippen LogP contribution in [0.5, 0.6) is 0 Å². The van der Waals surface area contributed by atoms with Crippen LogP contribution in [-0.4, -0.2) is 46.3 Å². The topological polar surface area (TPSA) is 48.4 Å². The van der Waals surface area contributed by atoms with Gasteiger partial charge in [-0.05, 0) is 44.9 Å². The Bertz CT molecular complexity index is 380. The SMILES string of the molecule is CC1(C)CCNC(CCO)CN1Cc1cccnc1. The Balaban J connectivity index is 2.08. The molecule has 1 saturated heterocycles. The summed E-state index contributed by atoms with van der Waals surface area (Å²) in [7, 11) is 0. The van der Waals surface area contributed by atoms with Crippen LogP contribution < -0.4 is 5.32 Å². The molecule has 0 aliphatic carbocycles. The Hall–Kier alpha value is -0.970. The maximum absolute atomic E-state index is 9.15. The average Bonchev–Trinajstić information content (AvgIpc) is 2.51. The van der Waals surface area contributed by atoms with Gasteiger partial charge in [-0.2, -0.15) is 0 Å². The Kier molecular flexibility index (Phi) is 4.91. The first kappa shape index (κ1) is 14.4. The molecule has 0 spiro atoms. The van der Waals surface area contributed by atoms with Crippen molar-refractivity contribution in [3.8, 4) is 0 Å². The summed E-state index contributed by atoms with van der Waals surface area (Å²) < 4.78 is 0. The van der Waals surface area contributed by atoms with E-state index in [2.05, 4.69) is 35.1 Å². The van der Waals surface area contributed by atoms with Gasteiger partial charge >= 0.3 is 0 Å². The Morgan fingerprint density at radius 2 is 2.37 bits per heavy atom. The largest absolute Gasteiger partial charge is 0.396 e. The molecular weight excluding hydrogens is 238 g/mol. The molecule has 1 aromatic heterocycles. The second kappa shape index (κ2) is 6.46. The first-order chi connectivity index (χ1) is 9.12. The van der Waals surface area contributed by atoms with Crippen LogP contribution in [0.15, 0.2) is 24.5 Å². The van der Waals surface area contributed by atoms with E-state index in [-0.39, 0.29) is 12.1 Å². The van der Waals surface area contributed by atoms with Gasteiger partial charge in [0.15, 0.2) is 0 Å². The minimum Gasteiger partial charge on any atom is -0.396 e. The minimum atomic E-state index is 0.174. The number of pyridine rings is 1. The molecule has 0 saturated carbocycles. The van der Waals surface area contributed by atoms with Gasteiger partial charge < -0.3 is 10.4 Å². The first-order valence-corrected chi connectivity index (χ1v) is 7.10. The predicted octanol–water partition coefficient (Wildman–Crippen LogP) is 1.41. The van der Waals surface area contributed by atoms with Gasteiger partial charge in [-0.25, -0.2) is 0 Å². The number of rotatable bonds is 4. The van der Waals surface area contributed by atoms with E-state index in [1.807, 2.05) is 18.5 Å². The van der Waals surface area contributed by atoms with E-state index >= 15 is 0 Å². The molecule has 1 fully saturated rings. The van der Waals surface area contributed by atoms with Crippen LogP contribution in [0.2, 0.25) is 0 Å². The van der Waals surface area contributed by atoms with Crippen LogP contribution in [-0.2, 0) is 6.54 Å². The van der Waals surface area contributed by atoms with E-state index < -0.39 is 0 Å². The minimum absolute atomic E-state index is 0.174. The lowest BCUT2D eigenvalue weighted by Crippen LogP contribution is -2.46. The molecule has 1 unspecified atom stereocenters. The zero-order valence-corrected chi connectivity index (χ0v) is 12.0. The van der Waals surface area contributed by atoms with E-state index in [0.29, 0.717) is 6.04 Å². The van der Waals surface area contributed by atoms with Crippen LogP contribution in [0, 0.1) is 0 Å². The highest BCUT2D eigenvalue weighted by molar-refractivity contribution is 5.09. The standard InChI is InChI=1S/C15H25N3O/c1-15(2)6-8-17-14(5-9-19)12-18(15)11-13-4-3-7-16-10-13/h3-4,7,10,14,17,19H,5-6,8-9,11-12H2,1-2H3. The van der Waals surface area contributed by atoms with Crippen molar-refractivity contribution in [1.82, 2.24) is 15.2 Å². The zero-order valence-electron chi connectivity index (χ0n) is 12.0. The average molecular weight is 263 g/mol. The molecule has 106 valence electrons. The van der Waals surface area contributed by atoms with Crippen molar-refractivity contribution in [3.05, 3.63) is 30.1 Å². The monoisotopic (exact) mass is 263 g/mol. The summed E-state index contributed by atoms with van der Waals surface area (Å²) in [6.45, 7) is 7.76. The van der Waals surface area contributed by atoms with Crippen LogP contribution in [0.1, 0.15) is 32.3 Å². The molecule has 1 atom stereocenters. The Labute approximate surface area is 115 Å². The van der Waals surface area contributed by atoms with E-state index in [0.717, 1.165) is 32.5 Å². The van der Waals surface area contributed by atoms with Crippen LogP contribution in [0.4, 0.5) is 0 Å². The van der Waals surface area contributed by atoms with Crippen molar-refractivity contribution in [1.29, 1.82) is 0 Å². The molecule has 1 aliphatic heterocycles. The van der Waals surface area contributed by atoms with Gasteiger partial charge in [-0.15, -0.1) is 0 Å². The third kappa shape index (κ3) is 4.00. The van der Waals surface area contributed by atoms with E-state index in [9.17, 15) is 0 Å². The summed E-state index contributed by atoms with van der Waals surface area (Å²) in [4.78, 5) is 6.70. The summed E-state index contributed by atoms with van der Waals surface area (Å²) in [5.74, 6) is 0. The fraction of sp³-hybridized carbons (Fsp3) is 0.667. The highest BCUT2D eigenvalue weighted by Crippen LogP contribution is 2.24. The van der Waals surface area contributed by atoms with Crippen molar-refractivity contribution in [2.24, 2.45) is 0 Å². The molecule has 0 aromatic carbocycles.